The van der Waals surface area contributed by atoms with E-state index in [9.17, 15) is 14.4 Å². The summed E-state index contributed by atoms with van der Waals surface area (Å²) in [5.74, 6) is -0.468. The van der Waals surface area contributed by atoms with Crippen LogP contribution in [0.25, 0.3) is 11.3 Å². The molecule has 1 aromatic heterocycles. The molecule has 4 rings (SSSR count). The number of nitrogens with one attached hydrogen (secondary N) is 3. The van der Waals surface area contributed by atoms with Gasteiger partial charge in [-0.15, -0.1) is 10.2 Å². The molecule has 1 heterocycles. The molecule has 176 valence electrons. The second-order valence-electron chi connectivity index (χ2n) is 7.88. The van der Waals surface area contributed by atoms with Crippen LogP contribution < -0.4 is 16.2 Å². The Kier molecular flexibility index (Phi) is 7.37. The highest BCUT2D eigenvalue weighted by molar-refractivity contribution is 7.99. The molecule has 0 bridgehead atoms. The van der Waals surface area contributed by atoms with Crippen molar-refractivity contribution < 1.29 is 9.59 Å². The Morgan fingerprint density at radius 3 is 2.40 bits per heavy atom. The molecule has 0 saturated heterocycles. The molecule has 0 aliphatic rings. The topological polar surface area (TPSA) is 117 Å². The van der Waals surface area contributed by atoms with E-state index in [0.29, 0.717) is 22.5 Å². The van der Waals surface area contributed by atoms with Gasteiger partial charge in [0.05, 0.1) is 11.4 Å². The third-order valence-corrected chi connectivity index (χ3v) is 5.90. The number of thioether (sulfide) groups is 1. The Morgan fingerprint density at radius 1 is 0.886 bits per heavy atom. The van der Waals surface area contributed by atoms with Crippen molar-refractivity contribution in [3.05, 3.63) is 99.8 Å². The van der Waals surface area contributed by atoms with E-state index >= 15 is 0 Å². The largest absolute Gasteiger partial charge is 0.325 e. The number of carbonyl (C=O) groups excluding carboxylic acids is 2. The molecule has 3 N–H and O–H groups in total. The number of hydrogen-bond acceptors (Lipinski definition) is 6. The van der Waals surface area contributed by atoms with Gasteiger partial charge in [0.15, 0.2) is 10.9 Å². The summed E-state index contributed by atoms with van der Waals surface area (Å²) in [6.45, 7) is 3.82. The lowest BCUT2D eigenvalue weighted by atomic mass is 10.1. The van der Waals surface area contributed by atoms with Gasteiger partial charge in [0.1, 0.15) is 0 Å². The summed E-state index contributed by atoms with van der Waals surface area (Å²) < 4.78 is 0. The first-order valence-corrected chi connectivity index (χ1v) is 11.8. The van der Waals surface area contributed by atoms with E-state index in [1.807, 2.05) is 50.2 Å². The van der Waals surface area contributed by atoms with Crippen molar-refractivity contribution in [1.82, 2.24) is 15.2 Å². The van der Waals surface area contributed by atoms with E-state index in [1.165, 1.54) is 0 Å². The van der Waals surface area contributed by atoms with Gasteiger partial charge in [0, 0.05) is 16.8 Å². The molecule has 35 heavy (non-hydrogen) atoms. The maximum atomic E-state index is 12.8. The molecule has 0 fully saturated rings. The SMILES string of the molecule is Cc1cccc(NC(=O)CSc2nnc(-c3cc(C)ccc3NC(=O)c3ccccc3)c(=O)[nH]2)c1. The summed E-state index contributed by atoms with van der Waals surface area (Å²) in [7, 11) is 0. The summed E-state index contributed by atoms with van der Waals surface area (Å²) in [4.78, 5) is 40.4. The van der Waals surface area contributed by atoms with E-state index < -0.39 is 5.56 Å². The van der Waals surface area contributed by atoms with Crippen LogP contribution in [0.15, 0.2) is 82.7 Å². The van der Waals surface area contributed by atoms with E-state index in [1.54, 1.807) is 36.4 Å². The van der Waals surface area contributed by atoms with Crippen molar-refractivity contribution >= 4 is 35.0 Å². The number of amides is 2. The van der Waals surface area contributed by atoms with Crippen LogP contribution in [-0.4, -0.2) is 32.7 Å². The molecule has 0 spiro atoms. The maximum absolute atomic E-state index is 12.8. The van der Waals surface area contributed by atoms with Gasteiger partial charge in [0.2, 0.25) is 5.91 Å². The number of aromatic amines is 1. The number of carbonyl (C=O) groups is 2. The average molecular weight is 486 g/mol. The molecular weight excluding hydrogens is 462 g/mol. The fraction of sp³-hybridized carbons (Fsp3) is 0.115. The first-order valence-electron chi connectivity index (χ1n) is 10.8. The molecule has 4 aromatic rings. The minimum Gasteiger partial charge on any atom is -0.325 e. The number of nitrogens with zero attached hydrogens (tertiary/aromatic N) is 2. The number of H-pyrrole nitrogens is 1. The summed E-state index contributed by atoms with van der Waals surface area (Å²) in [5.41, 5.74) is 3.64. The van der Waals surface area contributed by atoms with Crippen molar-refractivity contribution in [3.63, 3.8) is 0 Å². The quantitative estimate of drug-likeness (QED) is 0.334. The number of aromatic nitrogens is 3. The predicted molar refractivity (Wildman–Crippen MR) is 138 cm³/mol. The smallest absolute Gasteiger partial charge is 0.278 e. The van der Waals surface area contributed by atoms with Crippen molar-refractivity contribution in [3.8, 4) is 11.3 Å². The second kappa shape index (κ2) is 10.8. The van der Waals surface area contributed by atoms with Crippen LogP contribution in [0, 0.1) is 13.8 Å². The highest BCUT2D eigenvalue weighted by Gasteiger charge is 2.16. The van der Waals surface area contributed by atoms with E-state index in [4.69, 9.17) is 0 Å². The van der Waals surface area contributed by atoms with Crippen LogP contribution in [0.1, 0.15) is 21.5 Å². The number of aryl methyl sites for hydroxylation is 2. The van der Waals surface area contributed by atoms with E-state index in [-0.39, 0.29) is 28.4 Å². The monoisotopic (exact) mass is 485 g/mol. The van der Waals surface area contributed by atoms with Gasteiger partial charge in [0.25, 0.3) is 11.5 Å². The van der Waals surface area contributed by atoms with Crippen LogP contribution in [0.4, 0.5) is 11.4 Å². The number of rotatable bonds is 7. The third kappa shape index (κ3) is 6.21. The predicted octanol–water partition coefficient (Wildman–Crippen LogP) is 4.43. The average Bonchev–Trinajstić information content (AvgIpc) is 2.84. The lowest BCUT2D eigenvalue weighted by Crippen LogP contribution is -2.18. The zero-order valence-electron chi connectivity index (χ0n) is 19.2. The Bertz CT molecular complexity index is 1440. The third-order valence-electron chi connectivity index (χ3n) is 5.03. The van der Waals surface area contributed by atoms with Gasteiger partial charge in [-0.1, -0.05) is 53.7 Å². The minimum atomic E-state index is -0.470. The highest BCUT2D eigenvalue weighted by atomic mass is 32.2. The van der Waals surface area contributed by atoms with Crippen molar-refractivity contribution in [1.29, 1.82) is 0 Å². The number of benzene rings is 3. The molecule has 0 aliphatic heterocycles. The lowest BCUT2D eigenvalue weighted by Gasteiger charge is -2.11. The molecule has 8 nitrogen and oxygen atoms in total. The highest BCUT2D eigenvalue weighted by Crippen LogP contribution is 2.26. The fourth-order valence-electron chi connectivity index (χ4n) is 3.36. The van der Waals surface area contributed by atoms with Crippen LogP contribution in [0.5, 0.6) is 0 Å². The molecule has 0 atom stereocenters. The molecule has 0 radical (unpaired) electrons. The van der Waals surface area contributed by atoms with Crippen molar-refractivity contribution in [2.75, 3.05) is 16.4 Å². The van der Waals surface area contributed by atoms with E-state index in [2.05, 4.69) is 25.8 Å². The maximum Gasteiger partial charge on any atom is 0.278 e. The Labute approximate surface area is 206 Å². The van der Waals surface area contributed by atoms with Gasteiger partial charge in [-0.05, 0) is 55.8 Å². The molecule has 3 aromatic carbocycles. The Hall–Kier alpha value is -4.24. The molecule has 0 saturated carbocycles. The Morgan fingerprint density at radius 2 is 1.66 bits per heavy atom. The van der Waals surface area contributed by atoms with E-state index in [0.717, 1.165) is 22.9 Å². The van der Waals surface area contributed by atoms with Gasteiger partial charge < -0.3 is 10.6 Å². The first kappa shape index (κ1) is 23.9. The lowest BCUT2D eigenvalue weighted by molar-refractivity contribution is -0.113. The number of hydrogen-bond donors (Lipinski definition) is 3. The normalized spacial score (nSPS) is 10.6. The minimum absolute atomic E-state index is 0.0563. The van der Waals surface area contributed by atoms with Crippen LogP contribution >= 0.6 is 11.8 Å². The standard InChI is InChI=1S/C26H23N5O3S/c1-16-7-6-10-19(13-16)27-22(32)15-35-26-29-25(34)23(30-31-26)20-14-17(2)11-12-21(20)28-24(33)18-8-4-3-5-9-18/h3-14H,15H2,1-2H3,(H,27,32)(H,28,33)(H,29,31,34). The van der Waals surface area contributed by atoms with Gasteiger partial charge in [-0.25, -0.2) is 0 Å². The summed E-state index contributed by atoms with van der Waals surface area (Å²) >= 11 is 1.07. The molecule has 0 aliphatic carbocycles. The zero-order chi connectivity index (χ0) is 24.8. The summed E-state index contributed by atoms with van der Waals surface area (Å²) in [6, 6.07) is 21.6. The molecule has 9 heteroatoms. The second-order valence-corrected chi connectivity index (χ2v) is 8.85. The van der Waals surface area contributed by atoms with Crippen LogP contribution in [0.2, 0.25) is 0 Å². The van der Waals surface area contributed by atoms with Gasteiger partial charge in [-0.2, -0.15) is 0 Å². The van der Waals surface area contributed by atoms with Crippen molar-refractivity contribution in [2.45, 2.75) is 19.0 Å². The summed E-state index contributed by atoms with van der Waals surface area (Å²) in [5, 5.41) is 14.1. The van der Waals surface area contributed by atoms with Crippen LogP contribution in [0.3, 0.4) is 0 Å². The zero-order valence-corrected chi connectivity index (χ0v) is 20.0. The van der Waals surface area contributed by atoms with Gasteiger partial charge in [-0.3, -0.25) is 19.4 Å². The van der Waals surface area contributed by atoms with Crippen molar-refractivity contribution in [2.24, 2.45) is 0 Å². The molecule has 2 amide bonds. The van der Waals surface area contributed by atoms with Gasteiger partial charge >= 0.3 is 0 Å². The number of anilines is 2. The fourth-order valence-corrected chi connectivity index (χ4v) is 3.97. The van der Waals surface area contributed by atoms with Crippen LogP contribution in [-0.2, 0) is 4.79 Å². The first-order chi connectivity index (χ1) is 16.9. The molecular formula is C26H23N5O3S. The Balaban J connectivity index is 1.49. The molecule has 0 unspecified atom stereocenters. The summed E-state index contributed by atoms with van der Waals surface area (Å²) in [6.07, 6.45) is 0.